The van der Waals surface area contributed by atoms with E-state index in [1.807, 2.05) is 18.3 Å². The van der Waals surface area contributed by atoms with Gasteiger partial charge in [-0.05, 0) is 24.3 Å². The maximum atomic E-state index is 11.5. The number of aromatic amines is 1. The molecule has 110 valence electrons. The van der Waals surface area contributed by atoms with Crippen molar-refractivity contribution >= 4 is 17.3 Å². The molecule has 0 saturated heterocycles. The average Bonchev–Trinajstić information content (AvgIpc) is 2.99. The zero-order valence-corrected chi connectivity index (χ0v) is 11.5. The van der Waals surface area contributed by atoms with Crippen molar-refractivity contribution in [2.75, 3.05) is 19.0 Å². The number of aromatic nitrogens is 1. The third kappa shape index (κ3) is 3.59. The first kappa shape index (κ1) is 14.6. The molecule has 2 rings (SSSR count). The summed E-state index contributed by atoms with van der Waals surface area (Å²) in [7, 11) is 1.27. The van der Waals surface area contributed by atoms with Crippen LogP contribution >= 0.6 is 0 Å². The molecule has 0 aliphatic carbocycles. The lowest BCUT2D eigenvalue weighted by Gasteiger charge is -2.08. The Morgan fingerprint density at radius 3 is 2.86 bits per heavy atom. The van der Waals surface area contributed by atoms with E-state index in [0.717, 1.165) is 5.69 Å². The minimum absolute atomic E-state index is 0.0749. The summed E-state index contributed by atoms with van der Waals surface area (Å²) < 4.78 is 4.61. The normalized spacial score (nSPS) is 10.1. The Hall–Kier alpha value is -2.83. The predicted octanol–water partition coefficient (Wildman–Crippen LogP) is 2.36. The van der Waals surface area contributed by atoms with Crippen LogP contribution in [0.2, 0.25) is 0 Å². The van der Waals surface area contributed by atoms with Gasteiger partial charge in [-0.1, -0.05) is 0 Å². The molecule has 1 aromatic carbocycles. The van der Waals surface area contributed by atoms with Gasteiger partial charge in [-0.25, -0.2) is 4.79 Å². The van der Waals surface area contributed by atoms with Crippen molar-refractivity contribution in [3.05, 3.63) is 57.9 Å². The number of nitrogens with one attached hydrogen (secondary N) is 2. The van der Waals surface area contributed by atoms with Crippen LogP contribution in [0.15, 0.2) is 36.5 Å². The third-order valence-electron chi connectivity index (χ3n) is 2.99. The lowest BCUT2D eigenvalue weighted by atomic mass is 10.1. The molecule has 0 aliphatic rings. The average molecular weight is 289 g/mol. The summed E-state index contributed by atoms with van der Waals surface area (Å²) in [6, 6.07) is 7.92. The number of rotatable bonds is 6. The highest BCUT2D eigenvalue weighted by Gasteiger charge is 2.16. The summed E-state index contributed by atoms with van der Waals surface area (Å²) in [6.07, 6.45) is 2.50. The van der Waals surface area contributed by atoms with Gasteiger partial charge in [0.05, 0.1) is 17.6 Å². The van der Waals surface area contributed by atoms with Crippen LogP contribution in [0.5, 0.6) is 0 Å². The van der Waals surface area contributed by atoms with E-state index in [-0.39, 0.29) is 11.3 Å². The Balaban J connectivity index is 2.14. The SMILES string of the molecule is COC(=O)c1ccc([N+](=O)[O-])c(NCCc2ccc[nH]2)c1. The van der Waals surface area contributed by atoms with Crippen molar-refractivity contribution < 1.29 is 14.5 Å². The van der Waals surface area contributed by atoms with E-state index in [1.165, 1.54) is 25.3 Å². The predicted molar refractivity (Wildman–Crippen MR) is 77.4 cm³/mol. The first-order chi connectivity index (χ1) is 10.1. The maximum absolute atomic E-state index is 11.5. The van der Waals surface area contributed by atoms with E-state index in [1.54, 1.807) is 0 Å². The largest absolute Gasteiger partial charge is 0.465 e. The number of benzene rings is 1. The Kier molecular flexibility index (Phi) is 4.55. The third-order valence-corrected chi connectivity index (χ3v) is 2.99. The first-order valence-corrected chi connectivity index (χ1v) is 6.34. The molecular weight excluding hydrogens is 274 g/mol. The van der Waals surface area contributed by atoms with Crippen LogP contribution in [0, 0.1) is 10.1 Å². The molecule has 0 amide bonds. The van der Waals surface area contributed by atoms with Crippen molar-refractivity contribution in [2.45, 2.75) is 6.42 Å². The van der Waals surface area contributed by atoms with Crippen LogP contribution in [0.4, 0.5) is 11.4 Å². The van der Waals surface area contributed by atoms with Crippen LogP contribution < -0.4 is 5.32 Å². The summed E-state index contributed by atoms with van der Waals surface area (Å²) in [5, 5.41) is 14.0. The molecule has 21 heavy (non-hydrogen) atoms. The summed E-state index contributed by atoms with van der Waals surface area (Å²) in [6.45, 7) is 0.506. The number of nitro groups is 1. The van der Waals surface area contributed by atoms with Crippen LogP contribution in [0.3, 0.4) is 0 Å². The highest BCUT2D eigenvalue weighted by molar-refractivity contribution is 5.91. The molecule has 1 aromatic heterocycles. The van der Waals surface area contributed by atoms with Crippen molar-refractivity contribution in [1.82, 2.24) is 4.98 Å². The summed E-state index contributed by atoms with van der Waals surface area (Å²) in [5.74, 6) is -0.530. The molecular formula is C14H15N3O4. The summed E-state index contributed by atoms with van der Waals surface area (Å²) in [5.41, 5.74) is 1.52. The molecule has 0 bridgehead atoms. The zero-order chi connectivity index (χ0) is 15.2. The molecule has 2 aromatic rings. The van der Waals surface area contributed by atoms with Gasteiger partial charge in [0.15, 0.2) is 0 Å². The van der Waals surface area contributed by atoms with Gasteiger partial charge in [-0.3, -0.25) is 10.1 Å². The number of nitro benzene ring substituents is 1. The van der Waals surface area contributed by atoms with Gasteiger partial charge in [-0.2, -0.15) is 0 Å². The Morgan fingerprint density at radius 2 is 2.24 bits per heavy atom. The fourth-order valence-corrected chi connectivity index (χ4v) is 1.94. The fraction of sp³-hybridized carbons (Fsp3) is 0.214. The molecule has 0 fully saturated rings. The molecule has 7 heteroatoms. The molecule has 0 unspecified atom stereocenters. The van der Waals surface area contributed by atoms with Gasteiger partial charge in [0.1, 0.15) is 5.69 Å². The molecule has 1 heterocycles. The number of carbonyl (C=O) groups is 1. The summed E-state index contributed by atoms with van der Waals surface area (Å²) >= 11 is 0. The molecule has 0 spiro atoms. The monoisotopic (exact) mass is 289 g/mol. The minimum Gasteiger partial charge on any atom is -0.465 e. The highest BCUT2D eigenvalue weighted by atomic mass is 16.6. The second-order valence-corrected chi connectivity index (χ2v) is 4.35. The zero-order valence-electron chi connectivity index (χ0n) is 11.5. The molecule has 0 atom stereocenters. The number of methoxy groups -OCH3 is 1. The quantitative estimate of drug-likeness (QED) is 0.483. The highest BCUT2D eigenvalue weighted by Crippen LogP contribution is 2.25. The van der Waals surface area contributed by atoms with Crippen LogP contribution in [0.1, 0.15) is 16.1 Å². The van der Waals surface area contributed by atoms with Crippen LogP contribution in [0.25, 0.3) is 0 Å². The molecule has 2 N–H and O–H groups in total. The first-order valence-electron chi connectivity index (χ1n) is 6.34. The van der Waals surface area contributed by atoms with Crippen molar-refractivity contribution in [3.8, 4) is 0 Å². The minimum atomic E-state index is -0.530. The van der Waals surface area contributed by atoms with Crippen molar-refractivity contribution in [2.24, 2.45) is 0 Å². The smallest absolute Gasteiger partial charge is 0.337 e. The Morgan fingerprint density at radius 1 is 1.43 bits per heavy atom. The Bertz CT molecular complexity index is 638. The van der Waals surface area contributed by atoms with Crippen molar-refractivity contribution in [1.29, 1.82) is 0 Å². The number of ether oxygens (including phenoxy) is 1. The topological polar surface area (TPSA) is 97.3 Å². The van der Waals surface area contributed by atoms with Crippen LogP contribution in [-0.2, 0) is 11.2 Å². The Labute approximate surface area is 121 Å². The van der Waals surface area contributed by atoms with Gasteiger partial charge in [0.2, 0.25) is 0 Å². The van der Waals surface area contributed by atoms with E-state index in [0.29, 0.717) is 18.7 Å². The number of H-pyrrole nitrogens is 1. The van der Waals surface area contributed by atoms with Crippen molar-refractivity contribution in [3.63, 3.8) is 0 Å². The van der Waals surface area contributed by atoms with E-state index in [4.69, 9.17) is 0 Å². The van der Waals surface area contributed by atoms with Gasteiger partial charge in [0.25, 0.3) is 5.69 Å². The summed E-state index contributed by atoms with van der Waals surface area (Å²) in [4.78, 5) is 25.1. The van der Waals surface area contributed by atoms with E-state index in [2.05, 4.69) is 15.0 Å². The molecule has 7 nitrogen and oxygen atoms in total. The lowest BCUT2D eigenvalue weighted by Crippen LogP contribution is -2.09. The number of nitrogens with zero attached hydrogens (tertiary/aromatic N) is 1. The second kappa shape index (κ2) is 6.56. The van der Waals surface area contributed by atoms with Gasteiger partial charge in [0, 0.05) is 30.9 Å². The maximum Gasteiger partial charge on any atom is 0.337 e. The fourth-order valence-electron chi connectivity index (χ4n) is 1.94. The molecule has 0 saturated carbocycles. The second-order valence-electron chi connectivity index (χ2n) is 4.35. The standard InChI is InChI=1S/C14H15N3O4/c1-21-14(18)10-4-5-13(17(19)20)12(9-10)16-8-6-11-3-2-7-15-11/h2-5,7,9,15-16H,6,8H2,1H3. The number of anilines is 1. The van der Waals surface area contributed by atoms with Crippen LogP contribution in [-0.4, -0.2) is 29.5 Å². The molecule has 0 radical (unpaired) electrons. The van der Waals surface area contributed by atoms with Gasteiger partial charge >= 0.3 is 5.97 Å². The molecule has 0 aliphatic heterocycles. The number of carbonyl (C=O) groups excluding carboxylic acids is 1. The lowest BCUT2D eigenvalue weighted by molar-refractivity contribution is -0.384. The van der Waals surface area contributed by atoms with E-state index >= 15 is 0 Å². The number of esters is 1. The number of hydrogen-bond acceptors (Lipinski definition) is 5. The van der Waals surface area contributed by atoms with Gasteiger partial charge in [-0.15, -0.1) is 0 Å². The van der Waals surface area contributed by atoms with E-state index in [9.17, 15) is 14.9 Å². The van der Waals surface area contributed by atoms with Gasteiger partial charge < -0.3 is 15.0 Å². The number of hydrogen-bond donors (Lipinski definition) is 2. The van der Waals surface area contributed by atoms with E-state index < -0.39 is 10.9 Å².